The van der Waals surface area contributed by atoms with Crippen molar-refractivity contribution in [1.29, 1.82) is 0 Å². The Morgan fingerprint density at radius 2 is 1.92 bits per heavy atom. The first-order valence-corrected chi connectivity index (χ1v) is 4.72. The van der Waals surface area contributed by atoms with Crippen molar-refractivity contribution in [1.82, 2.24) is 10.9 Å². The number of hydrogen-bond acceptors (Lipinski definition) is 2. The van der Waals surface area contributed by atoms with Gasteiger partial charge in [0.1, 0.15) is 5.84 Å². The number of hydrogen-bond donors (Lipinski definition) is 2. The van der Waals surface area contributed by atoms with Gasteiger partial charge in [-0.15, -0.1) is 0 Å². The number of amidine groups is 1. The van der Waals surface area contributed by atoms with Gasteiger partial charge in [0, 0.05) is 24.1 Å². The van der Waals surface area contributed by atoms with Crippen molar-refractivity contribution in [3.63, 3.8) is 0 Å². The van der Waals surface area contributed by atoms with Crippen LogP contribution in [-0.4, -0.2) is 19.9 Å². The molecule has 1 aromatic rings. The molecule has 0 unspecified atom stereocenters. The zero-order chi connectivity index (χ0) is 9.68. The van der Waals surface area contributed by atoms with Crippen LogP contribution in [0, 0.1) is 0 Å². The van der Waals surface area contributed by atoms with Crippen LogP contribution in [-0.2, 0) is 0 Å². The van der Waals surface area contributed by atoms with Crippen molar-refractivity contribution in [2.45, 2.75) is 0 Å². The Morgan fingerprint density at radius 3 is 2.38 bits per heavy atom. The normalized spacial score (nSPS) is 11.5. The first-order valence-electron chi connectivity index (χ1n) is 3.93. The molecule has 0 aliphatic rings. The fraction of sp³-hybridized carbons (Fsp3) is 0.222. The highest BCUT2D eigenvalue weighted by molar-refractivity contribution is 9.10. The van der Waals surface area contributed by atoms with Crippen LogP contribution < -0.4 is 10.9 Å². The van der Waals surface area contributed by atoms with Crippen LogP contribution in [0.15, 0.2) is 33.7 Å². The van der Waals surface area contributed by atoms with Gasteiger partial charge >= 0.3 is 0 Å². The molecule has 0 aliphatic heterocycles. The Hall–Kier alpha value is -0.870. The summed E-state index contributed by atoms with van der Waals surface area (Å²) in [7, 11) is 3.56. The second-order valence-corrected chi connectivity index (χ2v) is 3.37. The van der Waals surface area contributed by atoms with E-state index in [4.69, 9.17) is 0 Å². The second kappa shape index (κ2) is 4.99. The summed E-state index contributed by atoms with van der Waals surface area (Å²) in [5.41, 5.74) is 6.85. The molecule has 0 saturated heterocycles. The van der Waals surface area contributed by atoms with Crippen LogP contribution in [0.3, 0.4) is 0 Å². The van der Waals surface area contributed by atoms with Gasteiger partial charge in [-0.05, 0) is 12.1 Å². The van der Waals surface area contributed by atoms with Gasteiger partial charge in [-0.25, -0.2) is 5.43 Å². The minimum atomic E-state index is 0.829. The molecule has 3 nitrogen and oxygen atoms in total. The van der Waals surface area contributed by atoms with Crippen LogP contribution in [0.4, 0.5) is 0 Å². The van der Waals surface area contributed by atoms with Crippen LogP contribution in [0.5, 0.6) is 0 Å². The zero-order valence-corrected chi connectivity index (χ0v) is 9.22. The lowest BCUT2D eigenvalue weighted by Crippen LogP contribution is -2.34. The molecule has 0 aromatic heterocycles. The van der Waals surface area contributed by atoms with Crippen molar-refractivity contribution >= 4 is 21.8 Å². The lowest BCUT2D eigenvalue weighted by molar-refractivity contribution is 0.767. The summed E-state index contributed by atoms with van der Waals surface area (Å²) < 4.78 is 1.07. The predicted molar refractivity (Wildman–Crippen MR) is 58.8 cm³/mol. The van der Waals surface area contributed by atoms with E-state index in [-0.39, 0.29) is 0 Å². The van der Waals surface area contributed by atoms with Crippen molar-refractivity contribution in [3.05, 3.63) is 34.3 Å². The lowest BCUT2D eigenvalue weighted by Gasteiger charge is -2.07. The summed E-state index contributed by atoms with van der Waals surface area (Å²) in [6, 6.07) is 7.96. The smallest absolute Gasteiger partial charge is 0.142 e. The maximum Gasteiger partial charge on any atom is 0.142 e. The molecule has 1 rings (SSSR count). The first-order chi connectivity index (χ1) is 6.27. The molecule has 70 valence electrons. The highest BCUT2D eigenvalue weighted by Crippen LogP contribution is 2.10. The van der Waals surface area contributed by atoms with Gasteiger partial charge in [0.15, 0.2) is 0 Å². The Morgan fingerprint density at radius 1 is 1.31 bits per heavy atom. The van der Waals surface area contributed by atoms with Crippen LogP contribution in [0.1, 0.15) is 5.56 Å². The molecule has 0 spiro atoms. The molecule has 2 N–H and O–H groups in total. The number of hydrazine groups is 1. The van der Waals surface area contributed by atoms with E-state index in [0.29, 0.717) is 0 Å². The highest BCUT2D eigenvalue weighted by atomic mass is 79.9. The largest absolute Gasteiger partial charge is 0.306 e. The summed E-state index contributed by atoms with van der Waals surface area (Å²) in [6.45, 7) is 0. The van der Waals surface area contributed by atoms with E-state index in [1.54, 1.807) is 7.05 Å². The molecule has 0 amide bonds. The first kappa shape index (κ1) is 10.2. The average molecular weight is 242 g/mol. The maximum atomic E-state index is 4.11. The predicted octanol–water partition coefficient (Wildman–Crippen LogP) is 1.55. The molecule has 0 bridgehead atoms. The fourth-order valence-electron chi connectivity index (χ4n) is 0.983. The summed E-state index contributed by atoms with van der Waals surface area (Å²) in [4.78, 5) is 4.11. The van der Waals surface area contributed by atoms with Gasteiger partial charge in [0.25, 0.3) is 0 Å². The van der Waals surface area contributed by atoms with Gasteiger partial charge in [-0.2, -0.15) is 0 Å². The molecule has 0 radical (unpaired) electrons. The van der Waals surface area contributed by atoms with E-state index in [1.165, 1.54) is 0 Å². The van der Waals surface area contributed by atoms with E-state index in [1.807, 2.05) is 31.3 Å². The number of nitrogens with zero attached hydrogens (tertiary/aromatic N) is 1. The van der Waals surface area contributed by atoms with Crippen LogP contribution in [0.2, 0.25) is 0 Å². The molecule has 1 aromatic carbocycles. The number of nitrogens with one attached hydrogen (secondary N) is 2. The molecule has 0 saturated carbocycles. The van der Waals surface area contributed by atoms with Crippen molar-refractivity contribution < 1.29 is 0 Å². The van der Waals surface area contributed by atoms with Gasteiger partial charge < -0.3 is 5.43 Å². The number of halogens is 1. The van der Waals surface area contributed by atoms with Gasteiger partial charge in [0.2, 0.25) is 0 Å². The van der Waals surface area contributed by atoms with E-state index in [9.17, 15) is 0 Å². The monoisotopic (exact) mass is 241 g/mol. The molecule has 13 heavy (non-hydrogen) atoms. The van der Waals surface area contributed by atoms with Gasteiger partial charge in [-0.1, -0.05) is 28.1 Å². The molecule has 0 fully saturated rings. The summed E-state index contributed by atoms with van der Waals surface area (Å²) >= 11 is 3.38. The van der Waals surface area contributed by atoms with E-state index < -0.39 is 0 Å². The maximum absolute atomic E-state index is 4.11. The standard InChI is InChI=1S/C9H12BrN3/c1-11-9(13-12-2)7-3-5-8(10)6-4-7/h3-6,12H,1-2H3,(H,11,13). The zero-order valence-electron chi connectivity index (χ0n) is 7.63. The highest BCUT2D eigenvalue weighted by Gasteiger charge is 1.99. The molecule has 0 heterocycles. The van der Waals surface area contributed by atoms with Crippen molar-refractivity contribution in [2.24, 2.45) is 4.99 Å². The molecule has 0 aliphatic carbocycles. The number of rotatable bonds is 2. The number of aliphatic imine (C=N–C) groups is 1. The quantitative estimate of drug-likeness (QED) is 0.469. The Labute approximate surface area is 86.4 Å². The topological polar surface area (TPSA) is 36.4 Å². The summed E-state index contributed by atoms with van der Waals surface area (Å²) in [6.07, 6.45) is 0. The average Bonchev–Trinajstić information content (AvgIpc) is 2.16. The van der Waals surface area contributed by atoms with E-state index in [2.05, 4.69) is 31.8 Å². The SMILES string of the molecule is CN=C(NNC)c1ccc(Br)cc1. The van der Waals surface area contributed by atoms with Crippen molar-refractivity contribution in [3.8, 4) is 0 Å². The fourth-order valence-corrected chi connectivity index (χ4v) is 1.25. The Kier molecular flexibility index (Phi) is 3.92. The molecule has 0 atom stereocenters. The summed E-state index contributed by atoms with van der Waals surface area (Å²) in [5, 5.41) is 0. The number of benzene rings is 1. The molecular formula is C9H12BrN3. The third-order valence-electron chi connectivity index (χ3n) is 1.58. The van der Waals surface area contributed by atoms with E-state index in [0.717, 1.165) is 15.9 Å². The molecular weight excluding hydrogens is 230 g/mol. The van der Waals surface area contributed by atoms with Gasteiger partial charge in [0.05, 0.1) is 0 Å². The van der Waals surface area contributed by atoms with Crippen molar-refractivity contribution in [2.75, 3.05) is 14.1 Å². The lowest BCUT2D eigenvalue weighted by atomic mass is 10.2. The van der Waals surface area contributed by atoms with Crippen LogP contribution >= 0.6 is 15.9 Å². The minimum Gasteiger partial charge on any atom is -0.306 e. The summed E-state index contributed by atoms with van der Waals surface area (Å²) in [5.74, 6) is 0.829. The Bertz CT molecular complexity index is 292. The third kappa shape index (κ3) is 2.82. The second-order valence-electron chi connectivity index (χ2n) is 2.45. The Balaban J connectivity index is 2.87. The van der Waals surface area contributed by atoms with Crippen LogP contribution in [0.25, 0.3) is 0 Å². The molecule has 4 heteroatoms. The van der Waals surface area contributed by atoms with E-state index >= 15 is 0 Å². The minimum absolute atomic E-state index is 0.829. The van der Waals surface area contributed by atoms with Gasteiger partial charge in [-0.3, -0.25) is 4.99 Å². The third-order valence-corrected chi connectivity index (χ3v) is 2.11.